The highest BCUT2D eigenvalue weighted by Crippen LogP contribution is 2.26. The molecule has 0 saturated heterocycles. The SMILES string of the molecule is COc1ccc(C)c(-c2cn(CC(O)c3cccc(C#N)c3)nn2)c1. The number of aryl methyl sites for hydroxylation is 1. The molecule has 25 heavy (non-hydrogen) atoms. The second kappa shape index (κ2) is 7.16. The third-order valence-electron chi connectivity index (χ3n) is 4.02. The Morgan fingerprint density at radius 1 is 1.28 bits per heavy atom. The Labute approximate surface area is 145 Å². The van der Waals surface area contributed by atoms with Crippen LogP contribution in [-0.2, 0) is 6.54 Å². The lowest BCUT2D eigenvalue weighted by atomic mass is 10.1. The van der Waals surface area contributed by atoms with E-state index in [2.05, 4.69) is 16.4 Å². The van der Waals surface area contributed by atoms with Gasteiger partial charge in [0.25, 0.3) is 0 Å². The topological polar surface area (TPSA) is 84.0 Å². The summed E-state index contributed by atoms with van der Waals surface area (Å²) in [6.45, 7) is 2.25. The van der Waals surface area contributed by atoms with Crippen LogP contribution in [0.4, 0.5) is 0 Å². The fourth-order valence-electron chi connectivity index (χ4n) is 2.61. The molecule has 1 aromatic heterocycles. The molecule has 3 aromatic rings. The van der Waals surface area contributed by atoms with Crippen molar-refractivity contribution >= 4 is 0 Å². The number of benzene rings is 2. The number of nitrogens with zero attached hydrogens (tertiary/aromatic N) is 4. The van der Waals surface area contributed by atoms with E-state index in [-0.39, 0.29) is 6.54 Å². The van der Waals surface area contributed by atoms with Crippen LogP contribution < -0.4 is 4.74 Å². The van der Waals surface area contributed by atoms with Gasteiger partial charge in [0.05, 0.1) is 37.6 Å². The number of aliphatic hydroxyl groups is 1. The number of ether oxygens (including phenoxy) is 1. The highest BCUT2D eigenvalue weighted by atomic mass is 16.5. The Bertz CT molecular complexity index is 927. The van der Waals surface area contributed by atoms with Crippen LogP contribution in [-0.4, -0.2) is 27.2 Å². The monoisotopic (exact) mass is 334 g/mol. The Morgan fingerprint density at radius 3 is 2.88 bits per heavy atom. The van der Waals surface area contributed by atoms with Crippen LogP contribution in [0.25, 0.3) is 11.3 Å². The molecule has 0 radical (unpaired) electrons. The predicted molar refractivity (Wildman–Crippen MR) is 92.9 cm³/mol. The van der Waals surface area contributed by atoms with E-state index in [9.17, 15) is 5.11 Å². The van der Waals surface area contributed by atoms with Crippen molar-refractivity contribution in [1.29, 1.82) is 5.26 Å². The maximum Gasteiger partial charge on any atom is 0.119 e. The Balaban J connectivity index is 1.81. The van der Waals surface area contributed by atoms with Gasteiger partial charge in [-0.15, -0.1) is 5.10 Å². The minimum Gasteiger partial charge on any atom is -0.497 e. The Hall–Kier alpha value is -3.17. The van der Waals surface area contributed by atoms with E-state index in [1.807, 2.05) is 25.1 Å². The van der Waals surface area contributed by atoms with E-state index in [4.69, 9.17) is 10.00 Å². The van der Waals surface area contributed by atoms with E-state index in [1.54, 1.807) is 42.3 Å². The summed E-state index contributed by atoms with van der Waals surface area (Å²) in [5, 5.41) is 27.6. The summed E-state index contributed by atoms with van der Waals surface area (Å²) in [5.74, 6) is 0.753. The molecule has 6 nitrogen and oxygen atoms in total. The molecule has 0 aliphatic rings. The summed E-state index contributed by atoms with van der Waals surface area (Å²) in [7, 11) is 1.62. The van der Waals surface area contributed by atoms with Crippen molar-refractivity contribution in [2.45, 2.75) is 19.6 Å². The fourth-order valence-corrected chi connectivity index (χ4v) is 2.61. The van der Waals surface area contributed by atoms with E-state index in [1.165, 1.54) is 0 Å². The first-order chi connectivity index (χ1) is 12.1. The van der Waals surface area contributed by atoms with E-state index in [0.717, 1.165) is 22.6 Å². The molecule has 0 spiro atoms. The number of hydrogen-bond acceptors (Lipinski definition) is 5. The molecule has 0 fully saturated rings. The minimum absolute atomic E-state index is 0.255. The van der Waals surface area contributed by atoms with E-state index < -0.39 is 6.10 Å². The molecular formula is C19H18N4O2. The van der Waals surface area contributed by atoms with Crippen LogP contribution in [0.3, 0.4) is 0 Å². The van der Waals surface area contributed by atoms with Gasteiger partial charge in [0, 0.05) is 5.56 Å². The molecule has 1 N–H and O–H groups in total. The molecule has 126 valence electrons. The van der Waals surface area contributed by atoms with Gasteiger partial charge < -0.3 is 9.84 Å². The predicted octanol–water partition coefficient (Wildman–Crippen LogP) is 2.87. The Kier molecular flexibility index (Phi) is 4.78. The minimum atomic E-state index is -0.769. The van der Waals surface area contributed by atoms with Gasteiger partial charge in [-0.3, -0.25) is 0 Å². The summed E-state index contributed by atoms with van der Waals surface area (Å²) >= 11 is 0. The summed E-state index contributed by atoms with van der Waals surface area (Å²) in [5.41, 5.74) is 3.91. The molecule has 1 heterocycles. The second-order valence-corrected chi connectivity index (χ2v) is 5.76. The third kappa shape index (κ3) is 3.67. The normalized spacial score (nSPS) is 11.8. The first-order valence-electron chi connectivity index (χ1n) is 7.84. The number of nitriles is 1. The summed E-state index contributed by atoms with van der Waals surface area (Å²) in [4.78, 5) is 0. The first kappa shape index (κ1) is 16.7. The first-order valence-corrected chi connectivity index (χ1v) is 7.84. The van der Waals surface area contributed by atoms with Gasteiger partial charge in [-0.1, -0.05) is 23.4 Å². The average Bonchev–Trinajstić information content (AvgIpc) is 3.10. The lowest BCUT2D eigenvalue weighted by Gasteiger charge is -2.10. The van der Waals surface area contributed by atoms with Crippen molar-refractivity contribution in [3.8, 4) is 23.1 Å². The molecule has 2 aromatic carbocycles. The van der Waals surface area contributed by atoms with Gasteiger partial charge in [-0.25, -0.2) is 4.68 Å². The molecule has 6 heteroatoms. The van der Waals surface area contributed by atoms with Gasteiger partial charge in [0.1, 0.15) is 11.4 Å². The molecule has 1 unspecified atom stereocenters. The van der Waals surface area contributed by atoms with Crippen LogP contribution in [0.5, 0.6) is 5.75 Å². The molecule has 0 bridgehead atoms. The van der Waals surface area contributed by atoms with Crippen molar-refractivity contribution in [2.24, 2.45) is 0 Å². The van der Waals surface area contributed by atoms with Gasteiger partial charge in [0.15, 0.2) is 0 Å². The van der Waals surface area contributed by atoms with E-state index in [0.29, 0.717) is 11.1 Å². The zero-order valence-corrected chi connectivity index (χ0v) is 14.0. The van der Waals surface area contributed by atoms with Gasteiger partial charge in [-0.2, -0.15) is 5.26 Å². The highest BCUT2D eigenvalue weighted by molar-refractivity contribution is 5.64. The van der Waals surface area contributed by atoms with Crippen molar-refractivity contribution in [3.05, 3.63) is 65.4 Å². The summed E-state index contributed by atoms with van der Waals surface area (Å²) < 4.78 is 6.86. The highest BCUT2D eigenvalue weighted by Gasteiger charge is 2.13. The van der Waals surface area contributed by atoms with Crippen LogP contribution in [0, 0.1) is 18.3 Å². The van der Waals surface area contributed by atoms with Crippen LogP contribution in [0.2, 0.25) is 0 Å². The smallest absolute Gasteiger partial charge is 0.119 e. The van der Waals surface area contributed by atoms with Crippen LogP contribution >= 0.6 is 0 Å². The molecule has 0 saturated carbocycles. The molecule has 3 rings (SSSR count). The standard InChI is InChI=1S/C19H18N4O2/c1-13-6-7-16(25-2)9-17(13)18-11-23(22-21-18)12-19(24)15-5-3-4-14(8-15)10-20/h3-9,11,19,24H,12H2,1-2H3. The van der Waals surface area contributed by atoms with Crippen LogP contribution in [0.1, 0.15) is 22.8 Å². The fraction of sp³-hybridized carbons (Fsp3) is 0.211. The second-order valence-electron chi connectivity index (χ2n) is 5.76. The summed E-state index contributed by atoms with van der Waals surface area (Å²) in [6.07, 6.45) is 1.02. The average molecular weight is 334 g/mol. The molecule has 0 aliphatic carbocycles. The lowest BCUT2D eigenvalue weighted by Crippen LogP contribution is -2.09. The lowest BCUT2D eigenvalue weighted by molar-refractivity contribution is 0.150. The largest absolute Gasteiger partial charge is 0.497 e. The maximum atomic E-state index is 10.4. The van der Waals surface area contributed by atoms with Crippen molar-refractivity contribution < 1.29 is 9.84 Å². The zero-order valence-electron chi connectivity index (χ0n) is 14.0. The summed E-state index contributed by atoms with van der Waals surface area (Å²) in [6, 6.07) is 14.8. The zero-order chi connectivity index (χ0) is 17.8. The maximum absolute atomic E-state index is 10.4. The number of aromatic nitrogens is 3. The number of aliphatic hydroxyl groups excluding tert-OH is 1. The quantitative estimate of drug-likeness (QED) is 0.775. The van der Waals surface area contributed by atoms with Crippen molar-refractivity contribution in [2.75, 3.05) is 7.11 Å². The molecule has 0 amide bonds. The van der Waals surface area contributed by atoms with Crippen molar-refractivity contribution in [1.82, 2.24) is 15.0 Å². The van der Waals surface area contributed by atoms with Gasteiger partial charge in [0.2, 0.25) is 0 Å². The van der Waals surface area contributed by atoms with Gasteiger partial charge in [-0.05, 0) is 42.3 Å². The van der Waals surface area contributed by atoms with Gasteiger partial charge >= 0.3 is 0 Å². The van der Waals surface area contributed by atoms with Crippen LogP contribution in [0.15, 0.2) is 48.7 Å². The molecular weight excluding hydrogens is 316 g/mol. The molecule has 0 aliphatic heterocycles. The molecule has 1 atom stereocenters. The number of rotatable bonds is 5. The van der Waals surface area contributed by atoms with Crippen molar-refractivity contribution in [3.63, 3.8) is 0 Å². The third-order valence-corrected chi connectivity index (χ3v) is 4.02. The Morgan fingerprint density at radius 2 is 2.12 bits per heavy atom. The van der Waals surface area contributed by atoms with E-state index >= 15 is 0 Å². The number of hydrogen-bond donors (Lipinski definition) is 1. The number of methoxy groups -OCH3 is 1.